The Bertz CT molecular complexity index is 217. The molecule has 0 bridgehead atoms. The lowest BCUT2D eigenvalue weighted by Gasteiger charge is -1.83. The van der Waals surface area contributed by atoms with Gasteiger partial charge in [0.15, 0.2) is 0 Å². The van der Waals surface area contributed by atoms with E-state index in [1.807, 2.05) is 18.4 Å². The topological polar surface area (TPSA) is 32.6 Å². The fourth-order valence-corrected chi connectivity index (χ4v) is 1.27. The quantitative estimate of drug-likeness (QED) is 0.361. The normalized spacial score (nSPS) is 10.8. The van der Waals surface area contributed by atoms with Crippen molar-refractivity contribution in [2.24, 2.45) is 5.16 Å². The minimum absolute atomic E-state index is 0.988. The van der Waals surface area contributed by atoms with E-state index >= 15 is 0 Å². The SMILES string of the molecule is Cc1sccc1/C=N/O. The van der Waals surface area contributed by atoms with Crippen LogP contribution in [-0.4, -0.2) is 11.4 Å². The largest absolute Gasteiger partial charge is 0.411 e. The first kappa shape index (κ1) is 6.29. The number of rotatable bonds is 1. The second kappa shape index (κ2) is 2.64. The number of thiophene rings is 1. The van der Waals surface area contributed by atoms with Crippen molar-refractivity contribution < 1.29 is 5.21 Å². The lowest BCUT2D eigenvalue weighted by molar-refractivity contribution is 0.322. The first-order valence-corrected chi connectivity index (χ1v) is 3.44. The summed E-state index contributed by atoms with van der Waals surface area (Å²) in [5.74, 6) is 0. The molecule has 0 saturated carbocycles. The van der Waals surface area contributed by atoms with Crippen LogP contribution in [0.2, 0.25) is 0 Å². The average Bonchev–Trinajstić information content (AvgIpc) is 2.18. The fourth-order valence-electron chi connectivity index (χ4n) is 0.591. The lowest BCUT2D eigenvalue weighted by atomic mass is 10.3. The maximum atomic E-state index is 8.14. The molecule has 0 atom stereocenters. The lowest BCUT2D eigenvalue weighted by Crippen LogP contribution is -1.76. The van der Waals surface area contributed by atoms with Gasteiger partial charge >= 0.3 is 0 Å². The third-order valence-electron chi connectivity index (χ3n) is 1.10. The summed E-state index contributed by atoms with van der Waals surface area (Å²) in [7, 11) is 0. The summed E-state index contributed by atoms with van der Waals surface area (Å²) >= 11 is 1.64. The van der Waals surface area contributed by atoms with Crippen LogP contribution in [0.1, 0.15) is 10.4 Å². The van der Waals surface area contributed by atoms with Gasteiger partial charge in [-0.2, -0.15) is 0 Å². The molecule has 1 N–H and O–H groups in total. The smallest absolute Gasteiger partial charge is 0.0744 e. The molecule has 0 amide bonds. The van der Waals surface area contributed by atoms with Crippen LogP contribution in [0, 0.1) is 6.92 Å². The highest BCUT2D eigenvalue weighted by molar-refractivity contribution is 7.10. The summed E-state index contributed by atoms with van der Waals surface area (Å²) in [5, 5.41) is 13.0. The molecular formula is C6H7NOS. The van der Waals surface area contributed by atoms with Crippen molar-refractivity contribution in [2.45, 2.75) is 6.92 Å². The molecule has 0 aliphatic carbocycles. The number of oxime groups is 1. The Balaban J connectivity index is 2.94. The molecule has 0 saturated heterocycles. The van der Waals surface area contributed by atoms with Crippen LogP contribution in [-0.2, 0) is 0 Å². The summed E-state index contributed by atoms with van der Waals surface area (Å²) in [6.45, 7) is 1.99. The number of nitrogens with zero attached hydrogens (tertiary/aromatic N) is 1. The van der Waals surface area contributed by atoms with Crippen molar-refractivity contribution in [2.75, 3.05) is 0 Å². The van der Waals surface area contributed by atoms with E-state index < -0.39 is 0 Å². The van der Waals surface area contributed by atoms with Crippen LogP contribution in [0.15, 0.2) is 16.6 Å². The van der Waals surface area contributed by atoms with Crippen LogP contribution in [0.4, 0.5) is 0 Å². The van der Waals surface area contributed by atoms with E-state index in [0.717, 1.165) is 5.56 Å². The zero-order chi connectivity index (χ0) is 6.69. The van der Waals surface area contributed by atoms with Gasteiger partial charge in [-0.25, -0.2) is 0 Å². The van der Waals surface area contributed by atoms with Crippen LogP contribution < -0.4 is 0 Å². The van der Waals surface area contributed by atoms with E-state index in [0.29, 0.717) is 0 Å². The van der Waals surface area contributed by atoms with E-state index in [-0.39, 0.29) is 0 Å². The summed E-state index contributed by atoms with van der Waals surface area (Å²) < 4.78 is 0. The van der Waals surface area contributed by atoms with Gasteiger partial charge in [0.1, 0.15) is 0 Å². The molecule has 0 unspecified atom stereocenters. The Morgan fingerprint density at radius 1 is 1.78 bits per heavy atom. The zero-order valence-electron chi connectivity index (χ0n) is 5.03. The maximum Gasteiger partial charge on any atom is 0.0744 e. The van der Waals surface area contributed by atoms with Crippen LogP contribution >= 0.6 is 11.3 Å². The zero-order valence-corrected chi connectivity index (χ0v) is 5.85. The number of aryl methyl sites for hydroxylation is 1. The molecule has 48 valence electrons. The van der Waals surface area contributed by atoms with Crippen molar-refractivity contribution in [3.63, 3.8) is 0 Å². The standard InChI is InChI=1S/C6H7NOS/c1-5-6(4-7-8)2-3-9-5/h2-4,8H,1H3/b7-4+. The average molecular weight is 141 g/mol. The number of hydrogen-bond donors (Lipinski definition) is 1. The molecular weight excluding hydrogens is 134 g/mol. The summed E-state index contributed by atoms with van der Waals surface area (Å²) in [5.41, 5.74) is 0.988. The minimum atomic E-state index is 0.988. The van der Waals surface area contributed by atoms with Gasteiger partial charge in [-0.3, -0.25) is 0 Å². The molecule has 0 aliphatic rings. The Morgan fingerprint density at radius 3 is 3.00 bits per heavy atom. The molecule has 0 spiro atoms. The molecule has 0 aliphatic heterocycles. The van der Waals surface area contributed by atoms with E-state index in [9.17, 15) is 0 Å². The third kappa shape index (κ3) is 1.29. The van der Waals surface area contributed by atoms with E-state index in [1.165, 1.54) is 11.1 Å². The Hall–Kier alpha value is -0.830. The second-order valence-electron chi connectivity index (χ2n) is 1.68. The van der Waals surface area contributed by atoms with Gasteiger partial charge in [-0.05, 0) is 18.4 Å². The monoisotopic (exact) mass is 141 g/mol. The van der Waals surface area contributed by atoms with Gasteiger partial charge in [-0.15, -0.1) is 11.3 Å². The van der Waals surface area contributed by atoms with Crippen molar-refractivity contribution in [1.82, 2.24) is 0 Å². The Morgan fingerprint density at radius 2 is 2.56 bits per heavy atom. The van der Waals surface area contributed by atoms with Crippen molar-refractivity contribution in [3.05, 3.63) is 21.9 Å². The van der Waals surface area contributed by atoms with Crippen LogP contribution in [0.25, 0.3) is 0 Å². The number of hydrogen-bond acceptors (Lipinski definition) is 3. The first-order valence-electron chi connectivity index (χ1n) is 2.56. The highest BCUT2D eigenvalue weighted by atomic mass is 32.1. The van der Waals surface area contributed by atoms with Crippen molar-refractivity contribution >= 4 is 17.6 Å². The fraction of sp³-hybridized carbons (Fsp3) is 0.167. The molecule has 1 aromatic heterocycles. The predicted octanol–water partition coefficient (Wildman–Crippen LogP) is 1.86. The molecule has 3 heteroatoms. The van der Waals surface area contributed by atoms with Gasteiger partial charge in [-0.1, -0.05) is 5.16 Å². The molecule has 9 heavy (non-hydrogen) atoms. The van der Waals surface area contributed by atoms with E-state index in [2.05, 4.69) is 5.16 Å². The molecule has 1 aromatic rings. The molecule has 2 nitrogen and oxygen atoms in total. The third-order valence-corrected chi connectivity index (χ3v) is 1.96. The van der Waals surface area contributed by atoms with Gasteiger partial charge in [0.05, 0.1) is 6.21 Å². The summed E-state index contributed by atoms with van der Waals surface area (Å²) in [6, 6.07) is 1.92. The van der Waals surface area contributed by atoms with Crippen LogP contribution in [0.5, 0.6) is 0 Å². The molecule has 0 radical (unpaired) electrons. The van der Waals surface area contributed by atoms with Crippen molar-refractivity contribution in [1.29, 1.82) is 0 Å². The highest BCUT2D eigenvalue weighted by Crippen LogP contribution is 2.11. The summed E-state index contributed by atoms with van der Waals surface area (Å²) in [4.78, 5) is 1.17. The molecule has 0 fully saturated rings. The van der Waals surface area contributed by atoms with Crippen LogP contribution in [0.3, 0.4) is 0 Å². The molecule has 1 heterocycles. The molecule has 1 rings (SSSR count). The van der Waals surface area contributed by atoms with E-state index in [1.54, 1.807) is 11.3 Å². The first-order chi connectivity index (χ1) is 4.34. The van der Waals surface area contributed by atoms with E-state index in [4.69, 9.17) is 5.21 Å². The van der Waals surface area contributed by atoms with Gasteiger partial charge in [0.25, 0.3) is 0 Å². The Labute approximate surface area is 57.4 Å². The minimum Gasteiger partial charge on any atom is -0.411 e. The second-order valence-corrected chi connectivity index (χ2v) is 2.80. The maximum absolute atomic E-state index is 8.14. The predicted molar refractivity (Wildman–Crippen MR) is 38.4 cm³/mol. The summed E-state index contributed by atoms with van der Waals surface area (Å²) in [6.07, 6.45) is 1.44. The molecule has 0 aromatic carbocycles. The van der Waals surface area contributed by atoms with Gasteiger partial charge in [0.2, 0.25) is 0 Å². The highest BCUT2D eigenvalue weighted by Gasteiger charge is 1.92. The van der Waals surface area contributed by atoms with Crippen molar-refractivity contribution in [3.8, 4) is 0 Å². The Kier molecular flexibility index (Phi) is 1.85. The van der Waals surface area contributed by atoms with Gasteiger partial charge < -0.3 is 5.21 Å². The van der Waals surface area contributed by atoms with Gasteiger partial charge in [0, 0.05) is 10.4 Å².